The van der Waals surface area contributed by atoms with E-state index < -0.39 is 11.7 Å². The SMILES string of the molecule is CCCCCc1ccc(Oc2ncc(C(=O)NO)cc2F)cc1. The van der Waals surface area contributed by atoms with Crippen LogP contribution in [-0.4, -0.2) is 16.1 Å². The molecule has 0 bridgehead atoms. The molecule has 1 amide bonds. The van der Waals surface area contributed by atoms with Gasteiger partial charge in [-0.15, -0.1) is 0 Å². The van der Waals surface area contributed by atoms with Crippen molar-refractivity contribution in [3.8, 4) is 11.6 Å². The molecule has 0 saturated heterocycles. The smallest absolute Gasteiger partial charge is 0.276 e. The fourth-order valence-electron chi connectivity index (χ4n) is 2.10. The minimum atomic E-state index is -0.834. The maximum atomic E-state index is 13.9. The number of nitrogens with one attached hydrogen (secondary N) is 1. The van der Waals surface area contributed by atoms with Crippen molar-refractivity contribution in [1.82, 2.24) is 10.5 Å². The number of unbranched alkanes of at least 4 members (excludes halogenated alkanes) is 2. The van der Waals surface area contributed by atoms with Gasteiger partial charge in [-0.2, -0.15) is 0 Å². The van der Waals surface area contributed by atoms with Gasteiger partial charge in [0.15, 0.2) is 5.82 Å². The molecular formula is C17H19FN2O3. The van der Waals surface area contributed by atoms with E-state index in [1.54, 1.807) is 12.1 Å². The highest BCUT2D eigenvalue weighted by Gasteiger charge is 2.12. The summed E-state index contributed by atoms with van der Waals surface area (Å²) < 4.78 is 19.2. The molecule has 0 atom stereocenters. The zero-order chi connectivity index (χ0) is 16.7. The average Bonchev–Trinajstić information content (AvgIpc) is 2.57. The highest BCUT2D eigenvalue weighted by atomic mass is 19.1. The van der Waals surface area contributed by atoms with Crippen LogP contribution in [-0.2, 0) is 6.42 Å². The second kappa shape index (κ2) is 8.24. The molecule has 0 spiro atoms. The van der Waals surface area contributed by atoms with Gasteiger partial charge in [-0.3, -0.25) is 10.0 Å². The Kier molecular flexibility index (Phi) is 6.05. The Morgan fingerprint density at radius 2 is 2.04 bits per heavy atom. The van der Waals surface area contributed by atoms with Crippen LogP contribution in [0.25, 0.3) is 0 Å². The zero-order valence-electron chi connectivity index (χ0n) is 12.9. The Bertz CT molecular complexity index is 659. The fraction of sp³-hybridized carbons (Fsp3) is 0.294. The number of ether oxygens (including phenoxy) is 1. The largest absolute Gasteiger partial charge is 0.436 e. The van der Waals surface area contributed by atoms with Crippen molar-refractivity contribution in [3.63, 3.8) is 0 Å². The quantitative estimate of drug-likeness (QED) is 0.462. The van der Waals surface area contributed by atoms with Gasteiger partial charge in [0.1, 0.15) is 5.75 Å². The number of aromatic nitrogens is 1. The Labute approximate surface area is 134 Å². The summed E-state index contributed by atoms with van der Waals surface area (Å²) >= 11 is 0. The summed E-state index contributed by atoms with van der Waals surface area (Å²) in [5.41, 5.74) is 2.53. The highest BCUT2D eigenvalue weighted by Crippen LogP contribution is 2.23. The summed E-state index contributed by atoms with van der Waals surface area (Å²) in [7, 11) is 0. The standard InChI is InChI=1S/C17H19FN2O3/c1-2-3-4-5-12-6-8-14(9-7-12)23-17-15(18)10-13(11-19-17)16(21)20-22/h6-11,22H,2-5H2,1H3,(H,20,21). The number of rotatable bonds is 7. The van der Waals surface area contributed by atoms with Crippen molar-refractivity contribution in [2.75, 3.05) is 0 Å². The first-order valence-electron chi connectivity index (χ1n) is 7.50. The highest BCUT2D eigenvalue weighted by molar-refractivity contribution is 5.93. The van der Waals surface area contributed by atoms with Gasteiger partial charge in [-0.25, -0.2) is 14.9 Å². The lowest BCUT2D eigenvalue weighted by Gasteiger charge is -2.08. The summed E-state index contributed by atoms with van der Waals surface area (Å²) in [6.45, 7) is 2.16. The van der Waals surface area contributed by atoms with E-state index in [0.717, 1.165) is 25.1 Å². The fourth-order valence-corrected chi connectivity index (χ4v) is 2.10. The maximum Gasteiger partial charge on any atom is 0.276 e. The molecule has 0 aliphatic carbocycles. The Hall–Kier alpha value is -2.47. The van der Waals surface area contributed by atoms with Crippen molar-refractivity contribution < 1.29 is 19.1 Å². The van der Waals surface area contributed by atoms with Crippen LogP contribution in [0, 0.1) is 5.82 Å². The predicted molar refractivity (Wildman–Crippen MR) is 83.2 cm³/mol. The molecule has 0 saturated carbocycles. The van der Waals surface area contributed by atoms with Crippen molar-refractivity contribution in [2.24, 2.45) is 0 Å². The summed E-state index contributed by atoms with van der Waals surface area (Å²) in [5.74, 6) is -1.37. The zero-order valence-corrected chi connectivity index (χ0v) is 12.9. The van der Waals surface area contributed by atoms with Gasteiger partial charge in [-0.1, -0.05) is 31.9 Å². The average molecular weight is 318 g/mol. The molecule has 0 aliphatic heterocycles. The third-order valence-electron chi connectivity index (χ3n) is 3.38. The molecule has 1 heterocycles. The Morgan fingerprint density at radius 1 is 1.30 bits per heavy atom. The summed E-state index contributed by atoms with van der Waals surface area (Å²) in [6.07, 6.45) is 5.65. The number of amides is 1. The van der Waals surface area contributed by atoms with Gasteiger partial charge in [0.2, 0.25) is 0 Å². The van der Waals surface area contributed by atoms with Crippen LogP contribution >= 0.6 is 0 Å². The van der Waals surface area contributed by atoms with E-state index in [1.807, 2.05) is 12.1 Å². The summed E-state index contributed by atoms with van der Waals surface area (Å²) in [4.78, 5) is 14.9. The third kappa shape index (κ3) is 4.75. The number of pyridine rings is 1. The second-order valence-electron chi connectivity index (χ2n) is 5.16. The van der Waals surface area contributed by atoms with Crippen molar-refractivity contribution in [3.05, 3.63) is 53.5 Å². The van der Waals surface area contributed by atoms with E-state index in [2.05, 4.69) is 11.9 Å². The first kappa shape index (κ1) is 16.9. The number of carbonyl (C=O) groups is 1. The van der Waals surface area contributed by atoms with Crippen LogP contribution in [0.4, 0.5) is 4.39 Å². The van der Waals surface area contributed by atoms with Crippen LogP contribution in [0.2, 0.25) is 0 Å². The van der Waals surface area contributed by atoms with Crippen LogP contribution in [0.3, 0.4) is 0 Å². The van der Waals surface area contributed by atoms with E-state index in [0.29, 0.717) is 5.75 Å². The topological polar surface area (TPSA) is 71.5 Å². The number of halogens is 1. The number of benzene rings is 1. The molecule has 2 N–H and O–H groups in total. The second-order valence-corrected chi connectivity index (χ2v) is 5.16. The van der Waals surface area contributed by atoms with E-state index in [1.165, 1.54) is 23.9 Å². The summed E-state index contributed by atoms with van der Waals surface area (Å²) in [6, 6.07) is 8.35. The molecule has 0 unspecified atom stereocenters. The van der Waals surface area contributed by atoms with Crippen LogP contribution < -0.4 is 10.2 Å². The van der Waals surface area contributed by atoms with Gasteiger partial charge in [0.05, 0.1) is 5.56 Å². The van der Waals surface area contributed by atoms with Crippen LogP contribution in [0.5, 0.6) is 11.6 Å². The monoisotopic (exact) mass is 318 g/mol. The van der Waals surface area contributed by atoms with Gasteiger partial charge in [0.25, 0.3) is 11.8 Å². The lowest BCUT2D eigenvalue weighted by atomic mass is 10.1. The van der Waals surface area contributed by atoms with Gasteiger partial charge in [-0.05, 0) is 36.6 Å². The number of carbonyl (C=O) groups excluding carboxylic acids is 1. The number of nitrogens with zero attached hydrogens (tertiary/aromatic N) is 1. The maximum absolute atomic E-state index is 13.9. The van der Waals surface area contributed by atoms with Crippen molar-refractivity contribution in [1.29, 1.82) is 0 Å². The van der Waals surface area contributed by atoms with Crippen molar-refractivity contribution in [2.45, 2.75) is 32.6 Å². The minimum absolute atomic E-state index is 0.0939. The molecule has 1 aromatic heterocycles. The molecule has 2 aromatic rings. The first-order valence-corrected chi connectivity index (χ1v) is 7.50. The lowest BCUT2D eigenvalue weighted by Crippen LogP contribution is -2.19. The molecule has 122 valence electrons. The summed E-state index contributed by atoms with van der Waals surface area (Å²) in [5, 5.41) is 8.51. The van der Waals surface area contributed by atoms with Crippen LogP contribution in [0.1, 0.15) is 42.1 Å². The molecule has 0 aliphatic rings. The van der Waals surface area contributed by atoms with E-state index >= 15 is 0 Å². The normalized spacial score (nSPS) is 10.4. The number of aryl methyl sites for hydroxylation is 1. The third-order valence-corrected chi connectivity index (χ3v) is 3.38. The molecule has 6 heteroatoms. The van der Waals surface area contributed by atoms with Gasteiger partial charge < -0.3 is 4.74 Å². The van der Waals surface area contributed by atoms with E-state index in [9.17, 15) is 9.18 Å². The van der Waals surface area contributed by atoms with Crippen LogP contribution in [0.15, 0.2) is 36.5 Å². The molecule has 0 radical (unpaired) electrons. The molecule has 1 aromatic carbocycles. The lowest BCUT2D eigenvalue weighted by molar-refractivity contribution is 0.0705. The first-order chi connectivity index (χ1) is 11.1. The molecular weight excluding hydrogens is 299 g/mol. The number of hydroxylamine groups is 1. The van der Waals surface area contributed by atoms with Crippen molar-refractivity contribution >= 4 is 5.91 Å². The van der Waals surface area contributed by atoms with Gasteiger partial charge >= 0.3 is 0 Å². The predicted octanol–water partition coefficient (Wildman–Crippen LogP) is 3.86. The number of hydrogen-bond donors (Lipinski definition) is 2. The molecule has 23 heavy (non-hydrogen) atoms. The van der Waals surface area contributed by atoms with E-state index in [-0.39, 0.29) is 11.4 Å². The molecule has 5 nitrogen and oxygen atoms in total. The minimum Gasteiger partial charge on any atom is -0.436 e. The number of hydrogen-bond acceptors (Lipinski definition) is 4. The van der Waals surface area contributed by atoms with Gasteiger partial charge in [0, 0.05) is 6.20 Å². The van der Waals surface area contributed by atoms with E-state index in [4.69, 9.17) is 9.94 Å². The molecule has 2 rings (SSSR count). The molecule has 0 fully saturated rings. The Balaban J connectivity index is 2.03. The Morgan fingerprint density at radius 3 is 2.65 bits per heavy atom.